The van der Waals surface area contributed by atoms with Gasteiger partial charge in [-0.15, -0.1) is 0 Å². The molecule has 1 N–H and O–H groups in total. The van der Waals surface area contributed by atoms with Gasteiger partial charge < -0.3 is 5.32 Å². The van der Waals surface area contributed by atoms with Crippen molar-refractivity contribution in [3.8, 4) is 0 Å². The highest BCUT2D eigenvalue weighted by Crippen LogP contribution is 2.30. The average Bonchev–Trinajstić information content (AvgIpc) is 2.83. The molecule has 1 atom stereocenters. The van der Waals surface area contributed by atoms with Crippen molar-refractivity contribution in [2.24, 2.45) is 0 Å². The number of hydrogen-bond donors (Lipinski definition) is 1. The lowest BCUT2D eigenvalue weighted by molar-refractivity contribution is 0.0932. The van der Waals surface area contributed by atoms with E-state index in [1.54, 1.807) is 30.3 Å². The molecule has 4 rings (SSSR count). The molecule has 178 valence electrons. The number of amides is 1. The van der Waals surface area contributed by atoms with Crippen LogP contribution in [0.5, 0.6) is 0 Å². The summed E-state index contributed by atoms with van der Waals surface area (Å²) < 4.78 is 42.3. The lowest BCUT2D eigenvalue weighted by Gasteiger charge is -2.28. The number of rotatable bonds is 7. The maximum atomic E-state index is 14.5. The molecule has 3 aromatic carbocycles. The molecule has 3 aromatic rings. The fourth-order valence-electron chi connectivity index (χ4n) is 4.21. The van der Waals surface area contributed by atoms with E-state index in [4.69, 9.17) is 0 Å². The maximum absolute atomic E-state index is 14.5. The number of anilines is 1. The van der Waals surface area contributed by atoms with Crippen molar-refractivity contribution < 1.29 is 17.6 Å². The fourth-order valence-corrected chi connectivity index (χ4v) is 5.32. The smallest absolute Gasteiger partial charge is 0.303 e. The molecule has 0 unspecified atom stereocenters. The van der Waals surface area contributed by atoms with Crippen LogP contribution >= 0.6 is 0 Å². The summed E-state index contributed by atoms with van der Waals surface area (Å²) in [4.78, 5) is 12.9. The molecule has 0 saturated carbocycles. The van der Waals surface area contributed by atoms with E-state index >= 15 is 0 Å². The number of nitrogens with one attached hydrogen (secondary N) is 1. The Morgan fingerprint density at radius 3 is 2.38 bits per heavy atom. The molecule has 1 aliphatic rings. The van der Waals surface area contributed by atoms with Crippen molar-refractivity contribution in [1.82, 2.24) is 9.62 Å². The van der Waals surface area contributed by atoms with Crippen molar-refractivity contribution >= 4 is 21.8 Å². The van der Waals surface area contributed by atoms with Crippen molar-refractivity contribution in [1.29, 1.82) is 0 Å². The SMILES string of the molecule is CN(C)S(=O)(=O)N(Cc1ccc(C(=O)N[C@H]2CCCc3ccccc32)cc1)c1ccccc1F. The molecule has 0 bridgehead atoms. The second-order valence-electron chi connectivity index (χ2n) is 8.56. The Kier molecular flexibility index (Phi) is 7.00. The number of halogens is 1. The molecule has 0 saturated heterocycles. The summed E-state index contributed by atoms with van der Waals surface area (Å²) in [6, 6.07) is 20.6. The van der Waals surface area contributed by atoms with Gasteiger partial charge in [-0.3, -0.25) is 9.10 Å². The van der Waals surface area contributed by atoms with E-state index < -0.39 is 16.0 Å². The van der Waals surface area contributed by atoms with Crippen molar-refractivity contribution in [3.63, 3.8) is 0 Å². The molecule has 0 radical (unpaired) electrons. The molecule has 0 aliphatic heterocycles. The van der Waals surface area contributed by atoms with Gasteiger partial charge in [0, 0.05) is 19.7 Å². The van der Waals surface area contributed by atoms with Gasteiger partial charge in [-0.2, -0.15) is 12.7 Å². The minimum absolute atomic E-state index is 0.0288. The Balaban J connectivity index is 1.52. The van der Waals surface area contributed by atoms with Crippen LogP contribution in [-0.4, -0.2) is 32.7 Å². The summed E-state index contributed by atoms with van der Waals surface area (Å²) in [5.41, 5.74) is 3.51. The lowest BCUT2D eigenvalue weighted by atomic mass is 9.87. The van der Waals surface area contributed by atoms with Gasteiger partial charge in [0.2, 0.25) is 0 Å². The predicted octanol–water partition coefficient (Wildman–Crippen LogP) is 4.45. The Morgan fingerprint density at radius 1 is 1.00 bits per heavy atom. The Bertz CT molecular complexity index is 1280. The van der Waals surface area contributed by atoms with Crippen LogP contribution < -0.4 is 9.62 Å². The molecule has 0 spiro atoms. The number of nitrogens with zero attached hydrogens (tertiary/aromatic N) is 2. The molecule has 8 heteroatoms. The summed E-state index contributed by atoms with van der Waals surface area (Å²) in [6.07, 6.45) is 2.93. The lowest BCUT2D eigenvalue weighted by Crippen LogP contribution is -2.40. The van der Waals surface area contributed by atoms with Gasteiger partial charge in [0.05, 0.1) is 18.3 Å². The van der Waals surface area contributed by atoms with E-state index in [9.17, 15) is 17.6 Å². The highest BCUT2D eigenvalue weighted by molar-refractivity contribution is 7.90. The maximum Gasteiger partial charge on any atom is 0.303 e. The first-order chi connectivity index (χ1) is 16.3. The second kappa shape index (κ2) is 9.95. The minimum atomic E-state index is -3.94. The molecule has 1 amide bonds. The summed E-state index contributed by atoms with van der Waals surface area (Å²) in [5.74, 6) is -0.809. The fraction of sp³-hybridized carbons (Fsp3) is 0.269. The van der Waals surface area contributed by atoms with E-state index in [1.807, 2.05) is 12.1 Å². The summed E-state index contributed by atoms with van der Waals surface area (Å²) in [6.45, 7) is -0.0701. The molecule has 0 aromatic heterocycles. The van der Waals surface area contributed by atoms with Crippen molar-refractivity contribution in [2.75, 3.05) is 18.4 Å². The molecule has 1 aliphatic carbocycles. The van der Waals surface area contributed by atoms with Crippen molar-refractivity contribution in [3.05, 3.63) is 101 Å². The third kappa shape index (κ3) is 4.98. The van der Waals surface area contributed by atoms with Crippen LogP contribution in [0.15, 0.2) is 72.8 Å². The van der Waals surface area contributed by atoms with Gasteiger partial charge in [-0.1, -0.05) is 48.5 Å². The van der Waals surface area contributed by atoms with E-state index in [0.29, 0.717) is 11.1 Å². The first kappa shape index (κ1) is 23.9. The number of fused-ring (bicyclic) bond motifs is 1. The molecule has 0 heterocycles. The zero-order valence-corrected chi connectivity index (χ0v) is 20.1. The molecular weight excluding hydrogens is 453 g/mol. The zero-order valence-electron chi connectivity index (χ0n) is 19.2. The minimum Gasteiger partial charge on any atom is -0.345 e. The third-order valence-corrected chi connectivity index (χ3v) is 7.88. The van der Waals surface area contributed by atoms with E-state index in [1.165, 1.54) is 37.9 Å². The van der Waals surface area contributed by atoms with Crippen LogP contribution in [-0.2, 0) is 23.2 Å². The predicted molar refractivity (Wildman–Crippen MR) is 131 cm³/mol. The van der Waals surface area contributed by atoms with Crippen LogP contribution in [0.25, 0.3) is 0 Å². The van der Waals surface area contributed by atoms with E-state index in [0.717, 1.165) is 33.4 Å². The van der Waals surface area contributed by atoms with Crippen LogP contribution in [0.1, 0.15) is 45.9 Å². The average molecular weight is 482 g/mol. The van der Waals surface area contributed by atoms with E-state index in [-0.39, 0.29) is 24.2 Å². The number of carbonyl (C=O) groups excluding carboxylic acids is 1. The summed E-state index contributed by atoms with van der Waals surface area (Å²) >= 11 is 0. The van der Waals surface area contributed by atoms with Gasteiger partial charge in [-0.25, -0.2) is 4.39 Å². The summed E-state index contributed by atoms with van der Waals surface area (Å²) in [5, 5.41) is 3.12. The number of para-hydroxylation sites is 1. The topological polar surface area (TPSA) is 69.7 Å². The Morgan fingerprint density at radius 2 is 1.68 bits per heavy atom. The standard InChI is InChI=1S/C26H28FN3O3S/c1-29(2)34(32,33)30(25-13-6-5-11-23(25)27)18-19-14-16-21(17-15-19)26(31)28-24-12-7-9-20-8-3-4-10-22(20)24/h3-6,8,10-11,13-17,24H,7,9,12,18H2,1-2H3,(H,28,31)/t24-/m0/s1. The molecular formula is C26H28FN3O3S. The van der Waals surface area contributed by atoms with Gasteiger partial charge >= 0.3 is 10.2 Å². The third-order valence-electron chi connectivity index (χ3n) is 6.08. The first-order valence-corrected chi connectivity index (χ1v) is 12.6. The molecule has 34 heavy (non-hydrogen) atoms. The number of carbonyl (C=O) groups is 1. The largest absolute Gasteiger partial charge is 0.345 e. The van der Waals surface area contributed by atoms with Gasteiger partial charge in [0.25, 0.3) is 5.91 Å². The molecule has 6 nitrogen and oxygen atoms in total. The van der Waals surface area contributed by atoms with Crippen LogP contribution in [0, 0.1) is 5.82 Å². The van der Waals surface area contributed by atoms with Gasteiger partial charge in [0.15, 0.2) is 0 Å². The molecule has 0 fully saturated rings. The number of hydrogen-bond acceptors (Lipinski definition) is 3. The highest BCUT2D eigenvalue weighted by Gasteiger charge is 2.27. The zero-order chi connectivity index (χ0) is 24.3. The Hall–Kier alpha value is -3.23. The van der Waals surface area contributed by atoms with E-state index in [2.05, 4.69) is 17.4 Å². The summed E-state index contributed by atoms with van der Waals surface area (Å²) in [7, 11) is -1.13. The number of aryl methyl sites for hydroxylation is 1. The highest BCUT2D eigenvalue weighted by atomic mass is 32.2. The van der Waals surface area contributed by atoms with Crippen LogP contribution in [0.2, 0.25) is 0 Å². The van der Waals surface area contributed by atoms with Gasteiger partial charge in [-0.05, 0) is 60.2 Å². The monoisotopic (exact) mass is 481 g/mol. The second-order valence-corrected chi connectivity index (χ2v) is 10.6. The van der Waals surface area contributed by atoms with Crippen LogP contribution in [0.3, 0.4) is 0 Å². The van der Waals surface area contributed by atoms with Crippen LogP contribution in [0.4, 0.5) is 10.1 Å². The quantitative estimate of drug-likeness (QED) is 0.542. The van der Waals surface area contributed by atoms with Crippen molar-refractivity contribution in [2.45, 2.75) is 31.8 Å². The normalized spacial score (nSPS) is 15.6. The Labute approximate surface area is 200 Å². The number of benzene rings is 3. The first-order valence-electron chi connectivity index (χ1n) is 11.2. The van der Waals surface area contributed by atoms with Gasteiger partial charge in [0.1, 0.15) is 5.82 Å².